The number of aromatic nitrogens is 1. The molecule has 1 saturated heterocycles. The second-order valence-corrected chi connectivity index (χ2v) is 6.77. The smallest absolute Gasteiger partial charge is 0.419 e. The zero-order valence-electron chi connectivity index (χ0n) is 16.1. The Morgan fingerprint density at radius 1 is 1.20 bits per heavy atom. The van der Waals surface area contributed by atoms with Crippen molar-refractivity contribution in [3.05, 3.63) is 53.7 Å². The van der Waals surface area contributed by atoms with E-state index in [-0.39, 0.29) is 42.4 Å². The summed E-state index contributed by atoms with van der Waals surface area (Å²) in [5.41, 5.74) is -0.113. The van der Waals surface area contributed by atoms with E-state index >= 15 is 0 Å². The first-order valence-electron chi connectivity index (χ1n) is 9.18. The molecule has 3 rings (SSSR count). The van der Waals surface area contributed by atoms with Crippen molar-refractivity contribution in [1.29, 1.82) is 0 Å². The monoisotopic (exact) mass is 465 g/mol. The van der Waals surface area contributed by atoms with Crippen molar-refractivity contribution in [2.24, 2.45) is 5.92 Å². The molecule has 1 aliphatic rings. The van der Waals surface area contributed by atoms with Gasteiger partial charge in [0.25, 0.3) is 0 Å². The number of para-hydroxylation sites is 1. The Bertz CT molecular complexity index is 799. The molecule has 1 aromatic heterocycles. The lowest BCUT2D eigenvalue weighted by molar-refractivity contribution is -0.138. The van der Waals surface area contributed by atoms with Crippen LogP contribution in [0.5, 0.6) is 11.6 Å². The molecule has 1 aliphatic heterocycles. The molecule has 10 heteroatoms. The number of pyridine rings is 1. The number of carbonyl (C=O) groups is 1. The van der Waals surface area contributed by atoms with Crippen LogP contribution in [0.1, 0.15) is 30.4 Å². The molecule has 0 aliphatic carbocycles. The van der Waals surface area contributed by atoms with E-state index in [9.17, 15) is 18.0 Å². The van der Waals surface area contributed by atoms with E-state index in [0.29, 0.717) is 18.9 Å². The van der Waals surface area contributed by atoms with Crippen molar-refractivity contribution in [2.45, 2.75) is 32.0 Å². The lowest BCUT2D eigenvalue weighted by Gasteiger charge is -2.13. The summed E-state index contributed by atoms with van der Waals surface area (Å²) in [6.07, 6.45) is -0.574. The van der Waals surface area contributed by atoms with E-state index in [1.54, 1.807) is 6.07 Å². The number of carbonyl (C=O) groups excluding carboxylic acids is 1. The van der Waals surface area contributed by atoms with Gasteiger partial charge < -0.3 is 15.4 Å². The molecule has 0 saturated carbocycles. The molecule has 1 amide bonds. The third-order valence-corrected chi connectivity index (χ3v) is 4.64. The van der Waals surface area contributed by atoms with Gasteiger partial charge in [0.1, 0.15) is 5.75 Å². The largest absolute Gasteiger partial charge is 0.438 e. The van der Waals surface area contributed by atoms with Gasteiger partial charge in [0.05, 0.1) is 5.56 Å². The van der Waals surface area contributed by atoms with Gasteiger partial charge in [-0.3, -0.25) is 4.79 Å². The molecule has 5 nitrogen and oxygen atoms in total. The summed E-state index contributed by atoms with van der Waals surface area (Å²) in [5.74, 6) is 0.292. The number of ether oxygens (including phenoxy) is 1. The maximum absolute atomic E-state index is 13.0. The van der Waals surface area contributed by atoms with Crippen molar-refractivity contribution in [2.75, 3.05) is 13.1 Å². The molecule has 0 radical (unpaired) electrons. The maximum Gasteiger partial charge on any atom is 0.419 e. The Morgan fingerprint density at radius 2 is 1.97 bits per heavy atom. The van der Waals surface area contributed by atoms with E-state index < -0.39 is 11.7 Å². The second kappa shape index (κ2) is 12.0. The summed E-state index contributed by atoms with van der Waals surface area (Å²) in [7, 11) is 0. The van der Waals surface area contributed by atoms with Gasteiger partial charge in [-0.2, -0.15) is 13.2 Å². The Labute approximate surface area is 185 Å². The standard InChI is InChI=1S/C20H22F3N3O2.2ClH/c21-20(22,23)16-3-1-2-4-17(16)28-19-8-6-15(13-26-19)12-25-18(27)7-5-14-9-10-24-11-14;;/h1-4,6,8,13-14,24H,5,7,9-12H2,(H,25,27);2*1H. The fourth-order valence-electron chi connectivity index (χ4n) is 3.06. The summed E-state index contributed by atoms with van der Waals surface area (Å²) in [5, 5.41) is 6.11. The van der Waals surface area contributed by atoms with E-state index in [0.717, 1.165) is 37.6 Å². The first-order chi connectivity index (χ1) is 13.4. The number of amides is 1. The Hall–Kier alpha value is -2.03. The average Bonchev–Trinajstić information content (AvgIpc) is 3.19. The summed E-state index contributed by atoms with van der Waals surface area (Å²) < 4.78 is 44.3. The first-order valence-corrected chi connectivity index (χ1v) is 9.18. The van der Waals surface area contributed by atoms with Crippen molar-refractivity contribution in [3.8, 4) is 11.6 Å². The Balaban J connectivity index is 0.00000225. The molecule has 0 bridgehead atoms. The number of halogens is 5. The molecule has 2 N–H and O–H groups in total. The number of hydrogen-bond donors (Lipinski definition) is 2. The third kappa shape index (κ3) is 7.66. The van der Waals surface area contributed by atoms with E-state index in [4.69, 9.17) is 4.74 Å². The van der Waals surface area contributed by atoms with Crippen molar-refractivity contribution in [3.63, 3.8) is 0 Å². The highest BCUT2D eigenvalue weighted by Crippen LogP contribution is 2.37. The van der Waals surface area contributed by atoms with Gasteiger partial charge in [0, 0.05) is 25.2 Å². The molecular formula is C20H24Cl2F3N3O2. The zero-order chi connectivity index (χ0) is 20.0. The second-order valence-electron chi connectivity index (χ2n) is 6.77. The van der Waals surface area contributed by atoms with E-state index in [1.807, 2.05) is 0 Å². The van der Waals surface area contributed by atoms with Crippen LogP contribution in [0.2, 0.25) is 0 Å². The Morgan fingerprint density at radius 3 is 2.60 bits per heavy atom. The first kappa shape index (κ1) is 26.0. The van der Waals surface area contributed by atoms with Crippen molar-refractivity contribution < 1.29 is 22.7 Å². The summed E-state index contributed by atoms with van der Waals surface area (Å²) >= 11 is 0. The van der Waals surface area contributed by atoms with Crippen LogP contribution >= 0.6 is 24.8 Å². The van der Waals surface area contributed by atoms with Crippen molar-refractivity contribution >= 4 is 30.7 Å². The number of nitrogens with zero attached hydrogens (tertiary/aromatic N) is 1. The summed E-state index contributed by atoms with van der Waals surface area (Å²) in [6.45, 7) is 2.30. The molecule has 0 spiro atoms. The van der Waals surface area contributed by atoms with Crippen LogP contribution in [0.25, 0.3) is 0 Å². The van der Waals surface area contributed by atoms with Crippen LogP contribution < -0.4 is 15.4 Å². The minimum absolute atomic E-state index is 0. The van der Waals surface area contributed by atoms with Crippen LogP contribution in [-0.2, 0) is 17.5 Å². The van der Waals surface area contributed by atoms with Gasteiger partial charge in [-0.25, -0.2) is 4.98 Å². The van der Waals surface area contributed by atoms with Crippen LogP contribution in [-0.4, -0.2) is 24.0 Å². The topological polar surface area (TPSA) is 63.2 Å². The van der Waals surface area contributed by atoms with Gasteiger partial charge in [-0.1, -0.05) is 18.2 Å². The maximum atomic E-state index is 13.0. The van der Waals surface area contributed by atoms with Crippen LogP contribution in [0, 0.1) is 5.92 Å². The SMILES string of the molecule is Cl.Cl.O=C(CCC1CCNC1)NCc1ccc(Oc2ccccc2C(F)(F)F)nc1. The lowest BCUT2D eigenvalue weighted by Crippen LogP contribution is -2.23. The van der Waals surface area contributed by atoms with Gasteiger partial charge in [-0.05, 0) is 49.5 Å². The van der Waals surface area contributed by atoms with Gasteiger partial charge in [-0.15, -0.1) is 24.8 Å². The molecule has 2 heterocycles. The predicted molar refractivity (Wildman–Crippen MR) is 112 cm³/mol. The quantitative estimate of drug-likeness (QED) is 0.619. The molecule has 166 valence electrons. The van der Waals surface area contributed by atoms with E-state index in [1.165, 1.54) is 30.5 Å². The predicted octanol–water partition coefficient (Wildman–Crippen LogP) is 4.74. The fraction of sp³-hybridized carbons (Fsp3) is 0.400. The fourth-order valence-corrected chi connectivity index (χ4v) is 3.06. The molecule has 1 atom stereocenters. The van der Waals surface area contributed by atoms with Crippen molar-refractivity contribution in [1.82, 2.24) is 15.6 Å². The number of hydrogen-bond acceptors (Lipinski definition) is 4. The van der Waals surface area contributed by atoms with Gasteiger partial charge in [0.15, 0.2) is 0 Å². The number of alkyl halides is 3. The highest BCUT2D eigenvalue weighted by Gasteiger charge is 2.34. The minimum atomic E-state index is -4.50. The van der Waals surface area contributed by atoms with E-state index in [2.05, 4.69) is 15.6 Å². The summed E-state index contributed by atoms with van der Waals surface area (Å²) in [4.78, 5) is 16.0. The van der Waals surface area contributed by atoms with Gasteiger partial charge >= 0.3 is 6.18 Å². The minimum Gasteiger partial charge on any atom is -0.438 e. The zero-order valence-corrected chi connectivity index (χ0v) is 17.7. The average molecular weight is 466 g/mol. The number of nitrogens with one attached hydrogen (secondary N) is 2. The molecule has 30 heavy (non-hydrogen) atoms. The molecule has 1 fully saturated rings. The lowest BCUT2D eigenvalue weighted by atomic mass is 10.0. The molecule has 1 unspecified atom stereocenters. The summed E-state index contributed by atoms with van der Waals surface area (Å²) in [6, 6.07) is 8.13. The molecule has 2 aromatic rings. The third-order valence-electron chi connectivity index (χ3n) is 4.64. The Kier molecular flexibility index (Phi) is 10.4. The van der Waals surface area contributed by atoms with Crippen LogP contribution in [0.15, 0.2) is 42.6 Å². The van der Waals surface area contributed by atoms with Gasteiger partial charge in [0.2, 0.25) is 11.8 Å². The normalized spacial score (nSPS) is 15.6. The highest BCUT2D eigenvalue weighted by molar-refractivity contribution is 5.85. The highest BCUT2D eigenvalue weighted by atomic mass is 35.5. The van der Waals surface area contributed by atoms with Crippen LogP contribution in [0.3, 0.4) is 0 Å². The van der Waals surface area contributed by atoms with Crippen LogP contribution in [0.4, 0.5) is 13.2 Å². The molecule has 1 aromatic carbocycles. The number of benzene rings is 1. The number of rotatable bonds is 7. The molecular weight excluding hydrogens is 442 g/mol.